The predicted octanol–water partition coefficient (Wildman–Crippen LogP) is 2.03. The van der Waals surface area contributed by atoms with Crippen LogP contribution in [0.1, 0.15) is 55.5 Å². The smallest absolute Gasteiger partial charge is 0.244 e. The summed E-state index contributed by atoms with van der Waals surface area (Å²) in [6, 6.07) is 1.92. The lowest BCUT2D eigenvalue weighted by Crippen LogP contribution is -2.36. The Bertz CT molecular complexity index is 808. The summed E-state index contributed by atoms with van der Waals surface area (Å²) in [6.07, 6.45) is 7.39. The van der Waals surface area contributed by atoms with Crippen molar-refractivity contribution >= 4 is 5.91 Å². The molecule has 7 nitrogen and oxygen atoms in total. The highest BCUT2D eigenvalue weighted by molar-refractivity contribution is 5.76. The lowest BCUT2D eigenvalue weighted by atomic mass is 9.80. The first-order valence-corrected chi connectivity index (χ1v) is 9.26. The van der Waals surface area contributed by atoms with Crippen LogP contribution in [0.15, 0.2) is 16.7 Å². The van der Waals surface area contributed by atoms with E-state index in [-0.39, 0.29) is 11.3 Å². The summed E-state index contributed by atoms with van der Waals surface area (Å²) < 4.78 is 7.84. The Balaban J connectivity index is 1.37. The van der Waals surface area contributed by atoms with Gasteiger partial charge >= 0.3 is 0 Å². The summed E-state index contributed by atoms with van der Waals surface area (Å²) in [6.45, 7) is 3.76. The van der Waals surface area contributed by atoms with Crippen molar-refractivity contribution in [1.82, 2.24) is 24.9 Å². The molecule has 1 amide bonds. The Hall–Kier alpha value is -2.18. The first kappa shape index (κ1) is 15.1. The molecule has 0 spiro atoms. The Kier molecular flexibility index (Phi) is 3.27. The highest BCUT2D eigenvalue weighted by Crippen LogP contribution is 2.51. The van der Waals surface area contributed by atoms with E-state index in [1.54, 1.807) is 10.9 Å². The minimum atomic E-state index is -0.130. The van der Waals surface area contributed by atoms with Crippen molar-refractivity contribution < 1.29 is 9.21 Å². The normalized spacial score (nSPS) is 28.5. The van der Waals surface area contributed by atoms with Crippen molar-refractivity contribution in [1.29, 1.82) is 0 Å². The molecule has 0 aromatic carbocycles. The van der Waals surface area contributed by atoms with Gasteiger partial charge in [0.05, 0.1) is 5.41 Å². The SMILES string of the molecule is Cc1ccnn1CC(=O)N1C[C@@H]2CCC[C@]2(c2nnc(C3CC3)o2)C1. The second-order valence-electron chi connectivity index (χ2n) is 7.87. The van der Waals surface area contributed by atoms with E-state index in [0.717, 1.165) is 49.7 Å². The van der Waals surface area contributed by atoms with Gasteiger partial charge in [-0.1, -0.05) is 6.42 Å². The lowest BCUT2D eigenvalue weighted by Gasteiger charge is -2.24. The second kappa shape index (κ2) is 5.41. The summed E-state index contributed by atoms with van der Waals surface area (Å²) >= 11 is 0. The molecule has 3 fully saturated rings. The Morgan fingerprint density at radius 3 is 3.00 bits per heavy atom. The average Bonchev–Trinajstić information content (AvgIpc) is 2.94. The van der Waals surface area contributed by atoms with Gasteiger partial charge in [0, 0.05) is 30.9 Å². The maximum atomic E-state index is 12.8. The molecule has 2 aromatic rings. The molecule has 2 aliphatic carbocycles. The lowest BCUT2D eigenvalue weighted by molar-refractivity contribution is -0.131. The van der Waals surface area contributed by atoms with Gasteiger partial charge in [0.15, 0.2) is 0 Å². The van der Waals surface area contributed by atoms with E-state index in [0.29, 0.717) is 24.9 Å². The number of nitrogens with zero attached hydrogens (tertiary/aromatic N) is 5. The van der Waals surface area contributed by atoms with E-state index < -0.39 is 0 Å². The van der Waals surface area contributed by atoms with Crippen LogP contribution in [0.3, 0.4) is 0 Å². The zero-order valence-corrected chi connectivity index (χ0v) is 14.5. The largest absolute Gasteiger partial charge is 0.424 e. The zero-order chi connectivity index (χ0) is 17.0. The molecule has 3 heterocycles. The van der Waals surface area contributed by atoms with Crippen molar-refractivity contribution in [2.45, 2.75) is 56.9 Å². The van der Waals surface area contributed by atoms with E-state index in [1.807, 2.05) is 17.9 Å². The number of amides is 1. The summed E-state index contributed by atoms with van der Waals surface area (Å²) in [5.41, 5.74) is 0.878. The quantitative estimate of drug-likeness (QED) is 0.850. The van der Waals surface area contributed by atoms with Crippen molar-refractivity contribution in [2.24, 2.45) is 5.92 Å². The predicted molar refractivity (Wildman–Crippen MR) is 88.8 cm³/mol. The molecule has 2 aromatic heterocycles. The highest BCUT2D eigenvalue weighted by Gasteiger charge is 2.55. The fourth-order valence-corrected chi connectivity index (χ4v) is 4.55. The van der Waals surface area contributed by atoms with Crippen LogP contribution in [0, 0.1) is 12.8 Å². The first-order valence-electron chi connectivity index (χ1n) is 9.26. The third-order valence-electron chi connectivity index (χ3n) is 6.23. The zero-order valence-electron chi connectivity index (χ0n) is 14.5. The molecule has 1 saturated heterocycles. The Morgan fingerprint density at radius 2 is 2.24 bits per heavy atom. The molecule has 25 heavy (non-hydrogen) atoms. The van der Waals surface area contributed by atoms with Crippen LogP contribution in [0.5, 0.6) is 0 Å². The number of carbonyl (C=O) groups excluding carboxylic acids is 1. The number of likely N-dealkylation sites (tertiary alicyclic amines) is 1. The average molecular weight is 341 g/mol. The highest BCUT2D eigenvalue weighted by atomic mass is 16.4. The molecule has 132 valence electrons. The number of aromatic nitrogens is 4. The van der Waals surface area contributed by atoms with Crippen LogP contribution in [0.2, 0.25) is 0 Å². The van der Waals surface area contributed by atoms with Crippen LogP contribution in [-0.4, -0.2) is 43.9 Å². The van der Waals surface area contributed by atoms with Gasteiger partial charge in [-0.3, -0.25) is 9.48 Å². The minimum Gasteiger partial charge on any atom is -0.424 e. The summed E-state index contributed by atoms with van der Waals surface area (Å²) in [5.74, 6) is 2.60. The van der Waals surface area contributed by atoms with Crippen molar-refractivity contribution in [3.8, 4) is 0 Å². The monoisotopic (exact) mass is 341 g/mol. The molecule has 5 rings (SSSR count). The van der Waals surface area contributed by atoms with Gasteiger partial charge in [0.2, 0.25) is 17.7 Å². The fourth-order valence-electron chi connectivity index (χ4n) is 4.55. The van der Waals surface area contributed by atoms with E-state index in [2.05, 4.69) is 15.3 Å². The topological polar surface area (TPSA) is 77.1 Å². The van der Waals surface area contributed by atoms with Gasteiger partial charge in [-0.2, -0.15) is 5.10 Å². The molecule has 1 aliphatic heterocycles. The minimum absolute atomic E-state index is 0.127. The van der Waals surface area contributed by atoms with Crippen molar-refractivity contribution in [3.63, 3.8) is 0 Å². The maximum absolute atomic E-state index is 12.8. The van der Waals surface area contributed by atoms with Gasteiger partial charge in [-0.15, -0.1) is 10.2 Å². The van der Waals surface area contributed by atoms with Gasteiger partial charge in [-0.25, -0.2) is 0 Å². The van der Waals surface area contributed by atoms with Gasteiger partial charge in [0.25, 0.3) is 0 Å². The molecule has 0 radical (unpaired) electrons. The molecule has 0 N–H and O–H groups in total. The molecule has 2 saturated carbocycles. The number of rotatable bonds is 4. The van der Waals surface area contributed by atoms with Gasteiger partial charge in [0.1, 0.15) is 6.54 Å². The Morgan fingerprint density at radius 1 is 1.36 bits per heavy atom. The van der Waals surface area contributed by atoms with Gasteiger partial charge < -0.3 is 9.32 Å². The first-order chi connectivity index (χ1) is 12.2. The van der Waals surface area contributed by atoms with E-state index in [1.165, 1.54) is 6.42 Å². The summed E-state index contributed by atoms with van der Waals surface area (Å²) in [4.78, 5) is 14.8. The standard InChI is InChI=1S/C18H23N5O2/c1-12-6-8-19-23(12)10-15(24)22-9-14-3-2-7-18(14,11-22)17-21-20-16(25-17)13-4-5-13/h6,8,13-14H,2-5,7,9-11H2,1H3/t14-,18-/m0/s1. The van der Waals surface area contributed by atoms with E-state index >= 15 is 0 Å². The van der Waals surface area contributed by atoms with Crippen molar-refractivity contribution in [2.75, 3.05) is 13.1 Å². The fraction of sp³-hybridized carbons (Fsp3) is 0.667. The Labute approximate surface area is 146 Å². The van der Waals surface area contributed by atoms with Crippen LogP contribution in [0.25, 0.3) is 0 Å². The summed E-state index contributed by atoms with van der Waals surface area (Å²) in [7, 11) is 0. The van der Waals surface area contributed by atoms with Crippen LogP contribution >= 0.6 is 0 Å². The van der Waals surface area contributed by atoms with Gasteiger partial charge in [-0.05, 0) is 44.6 Å². The molecular weight excluding hydrogens is 318 g/mol. The molecule has 2 atom stereocenters. The van der Waals surface area contributed by atoms with E-state index in [4.69, 9.17) is 4.42 Å². The number of aryl methyl sites for hydroxylation is 1. The maximum Gasteiger partial charge on any atom is 0.244 e. The summed E-state index contributed by atoms with van der Waals surface area (Å²) in [5, 5.41) is 12.9. The third kappa shape index (κ3) is 2.40. The molecule has 3 aliphatic rings. The number of fused-ring (bicyclic) bond motifs is 1. The molecule has 7 heteroatoms. The second-order valence-corrected chi connectivity index (χ2v) is 7.87. The third-order valence-corrected chi connectivity index (χ3v) is 6.23. The van der Waals surface area contributed by atoms with E-state index in [9.17, 15) is 4.79 Å². The van der Waals surface area contributed by atoms with Crippen molar-refractivity contribution in [3.05, 3.63) is 29.7 Å². The molecule has 0 bridgehead atoms. The number of hydrogen-bond acceptors (Lipinski definition) is 5. The number of hydrogen-bond donors (Lipinski definition) is 0. The van der Waals surface area contributed by atoms with Crippen LogP contribution in [-0.2, 0) is 16.8 Å². The molecular formula is C18H23N5O2. The molecule has 0 unspecified atom stereocenters. The number of carbonyl (C=O) groups is 1. The van der Waals surface area contributed by atoms with Crippen LogP contribution in [0.4, 0.5) is 0 Å². The van der Waals surface area contributed by atoms with Crippen LogP contribution < -0.4 is 0 Å².